The maximum Gasteiger partial charge on any atom is 0.389 e. The lowest BCUT2D eigenvalue weighted by Crippen LogP contribution is -2.22. The Kier molecular flexibility index (Phi) is 5.81. The maximum atomic E-state index is 13.0. The fourth-order valence-electron chi connectivity index (χ4n) is 2.55. The summed E-state index contributed by atoms with van der Waals surface area (Å²) in [5, 5.41) is 0.677. The van der Waals surface area contributed by atoms with Crippen LogP contribution in [0.25, 0.3) is 16.9 Å². The number of aryl methyl sites for hydroxylation is 1. The first-order valence-electron chi connectivity index (χ1n) is 8.23. The molecular weight excluding hydrogens is 401 g/mol. The monoisotopic (exact) mass is 416 g/mol. The van der Waals surface area contributed by atoms with Crippen molar-refractivity contribution in [1.29, 1.82) is 0 Å². The number of hydrogen-bond acceptors (Lipinski definition) is 4. The van der Waals surface area contributed by atoms with Gasteiger partial charge >= 0.3 is 6.18 Å². The molecule has 0 aliphatic rings. The predicted molar refractivity (Wildman–Crippen MR) is 99.8 cm³/mol. The molecule has 0 N–H and O–H groups in total. The summed E-state index contributed by atoms with van der Waals surface area (Å²) < 4.78 is 40.6. The van der Waals surface area contributed by atoms with Crippen molar-refractivity contribution in [3.63, 3.8) is 0 Å². The van der Waals surface area contributed by atoms with Crippen molar-refractivity contribution in [2.45, 2.75) is 37.6 Å². The van der Waals surface area contributed by atoms with E-state index in [4.69, 9.17) is 11.6 Å². The van der Waals surface area contributed by atoms with E-state index in [9.17, 15) is 18.0 Å². The van der Waals surface area contributed by atoms with Crippen LogP contribution in [0.5, 0.6) is 0 Å². The Labute approximate surface area is 162 Å². The molecule has 5 nitrogen and oxygen atoms in total. The van der Waals surface area contributed by atoms with Crippen LogP contribution >= 0.6 is 23.4 Å². The molecule has 3 aromatic rings. The summed E-state index contributed by atoms with van der Waals surface area (Å²) in [6.07, 6.45) is -2.91. The Bertz CT molecular complexity index is 998. The van der Waals surface area contributed by atoms with Crippen molar-refractivity contribution in [2.24, 2.45) is 0 Å². The van der Waals surface area contributed by atoms with Crippen LogP contribution in [0.4, 0.5) is 13.2 Å². The van der Waals surface area contributed by atoms with Crippen LogP contribution in [0, 0.1) is 0 Å². The molecule has 1 aromatic carbocycles. The lowest BCUT2D eigenvalue weighted by atomic mass is 10.3. The zero-order valence-corrected chi connectivity index (χ0v) is 15.9. The van der Waals surface area contributed by atoms with E-state index in [1.807, 2.05) is 6.92 Å². The first kappa shape index (κ1) is 19.8. The zero-order chi connectivity index (χ0) is 19.6. The molecule has 3 rings (SSSR count). The van der Waals surface area contributed by atoms with Gasteiger partial charge in [-0.1, -0.05) is 30.3 Å². The van der Waals surface area contributed by atoms with Crippen molar-refractivity contribution >= 4 is 34.5 Å². The van der Waals surface area contributed by atoms with Gasteiger partial charge in [0.2, 0.25) is 0 Å². The average Bonchev–Trinajstić information content (AvgIpc) is 2.99. The fourth-order valence-corrected chi connectivity index (χ4v) is 3.67. The minimum absolute atomic E-state index is 0.179. The number of fused-ring (bicyclic) bond motifs is 1. The number of rotatable bonds is 6. The third-order valence-corrected chi connectivity index (χ3v) is 4.97. The molecule has 2 heterocycles. The molecule has 0 saturated heterocycles. The Morgan fingerprint density at radius 3 is 2.56 bits per heavy atom. The van der Waals surface area contributed by atoms with Crippen LogP contribution in [0.3, 0.4) is 0 Å². The second kappa shape index (κ2) is 7.93. The third-order valence-electron chi connectivity index (χ3n) is 3.77. The van der Waals surface area contributed by atoms with Crippen molar-refractivity contribution in [2.75, 3.05) is 5.75 Å². The number of thioether (sulfide) groups is 1. The first-order valence-corrected chi connectivity index (χ1v) is 9.60. The largest absolute Gasteiger partial charge is 0.389 e. The van der Waals surface area contributed by atoms with Gasteiger partial charge in [-0.2, -0.15) is 13.2 Å². The smallest absolute Gasteiger partial charge is 0.315 e. The molecule has 144 valence electrons. The highest BCUT2D eigenvalue weighted by Gasteiger charge is 2.27. The molecule has 0 aliphatic heterocycles. The average molecular weight is 417 g/mol. The number of halogens is 4. The van der Waals surface area contributed by atoms with E-state index in [0.717, 1.165) is 18.2 Å². The first-order chi connectivity index (χ1) is 12.8. The van der Waals surface area contributed by atoms with Gasteiger partial charge in [0.15, 0.2) is 16.3 Å². The molecule has 0 aliphatic carbocycles. The molecule has 0 unspecified atom stereocenters. The minimum Gasteiger partial charge on any atom is -0.315 e. The number of alkyl halides is 3. The number of aromatic nitrogens is 4. The van der Waals surface area contributed by atoms with Crippen molar-refractivity contribution in [1.82, 2.24) is 19.1 Å². The molecule has 27 heavy (non-hydrogen) atoms. The fraction of sp³-hybridized carbons (Fsp3) is 0.353. The van der Waals surface area contributed by atoms with Gasteiger partial charge in [-0.05, 0) is 30.7 Å². The Morgan fingerprint density at radius 2 is 1.93 bits per heavy atom. The van der Waals surface area contributed by atoms with Crippen LogP contribution in [0.1, 0.15) is 19.8 Å². The third kappa shape index (κ3) is 4.47. The van der Waals surface area contributed by atoms with Crippen LogP contribution < -0.4 is 5.56 Å². The lowest BCUT2D eigenvalue weighted by molar-refractivity contribution is -0.129. The van der Waals surface area contributed by atoms with Crippen LogP contribution in [0.15, 0.2) is 40.5 Å². The van der Waals surface area contributed by atoms with Crippen molar-refractivity contribution < 1.29 is 13.2 Å². The van der Waals surface area contributed by atoms with Gasteiger partial charge in [-0.25, -0.2) is 9.97 Å². The molecule has 0 spiro atoms. The normalized spacial score (nSPS) is 12.0. The summed E-state index contributed by atoms with van der Waals surface area (Å²) in [4.78, 5) is 21.6. The highest BCUT2D eigenvalue weighted by molar-refractivity contribution is 7.99. The Balaban J connectivity index is 2.12. The van der Waals surface area contributed by atoms with E-state index in [-0.39, 0.29) is 16.4 Å². The SMILES string of the molecule is CCCn1cnc2c(=O)n(-c3ccc(Cl)cc3)c(SCCC(F)(F)F)nc21. The number of hydrogen-bond donors (Lipinski definition) is 0. The summed E-state index contributed by atoms with van der Waals surface area (Å²) in [6, 6.07) is 6.45. The van der Waals surface area contributed by atoms with Gasteiger partial charge in [0.25, 0.3) is 5.56 Å². The van der Waals surface area contributed by atoms with Crippen molar-refractivity contribution in [3.8, 4) is 5.69 Å². The summed E-state index contributed by atoms with van der Waals surface area (Å²) in [5.74, 6) is -0.239. The summed E-state index contributed by atoms with van der Waals surface area (Å²) >= 11 is 6.79. The minimum atomic E-state index is -4.27. The molecule has 0 bridgehead atoms. The van der Waals surface area contributed by atoms with Gasteiger partial charge in [0.1, 0.15) is 0 Å². The van der Waals surface area contributed by atoms with Gasteiger partial charge in [-0.15, -0.1) is 0 Å². The number of nitrogens with zero attached hydrogens (tertiary/aromatic N) is 4. The topological polar surface area (TPSA) is 52.7 Å². The van der Waals surface area contributed by atoms with E-state index in [2.05, 4.69) is 9.97 Å². The molecule has 0 fully saturated rings. The molecule has 2 aromatic heterocycles. The second-order valence-electron chi connectivity index (χ2n) is 5.84. The lowest BCUT2D eigenvalue weighted by Gasteiger charge is -2.13. The maximum absolute atomic E-state index is 13.0. The standard InChI is InChI=1S/C17H16ClF3N4OS/c1-2-8-24-10-22-13-14(24)23-16(27-9-7-17(19,20)21)25(15(13)26)12-5-3-11(18)4-6-12/h3-6,10H,2,7-9H2,1H3. The van der Waals surface area contributed by atoms with Crippen molar-refractivity contribution in [3.05, 3.63) is 46.0 Å². The summed E-state index contributed by atoms with van der Waals surface area (Å²) in [5.41, 5.74) is 0.602. The van der Waals surface area contributed by atoms with E-state index in [1.165, 1.54) is 10.9 Å². The number of benzene rings is 1. The molecule has 0 amide bonds. The van der Waals surface area contributed by atoms with Crippen LogP contribution in [0.2, 0.25) is 5.02 Å². The number of imidazole rings is 1. The van der Waals surface area contributed by atoms with Crippen LogP contribution in [-0.4, -0.2) is 31.0 Å². The molecule has 0 atom stereocenters. The van der Waals surface area contributed by atoms with E-state index >= 15 is 0 Å². The van der Waals surface area contributed by atoms with Crippen LogP contribution in [-0.2, 0) is 6.54 Å². The zero-order valence-electron chi connectivity index (χ0n) is 14.3. The van der Waals surface area contributed by atoms with Gasteiger partial charge in [-0.3, -0.25) is 9.36 Å². The van der Waals surface area contributed by atoms with Gasteiger partial charge < -0.3 is 4.57 Å². The predicted octanol–water partition coefficient (Wildman–Crippen LogP) is 4.69. The highest BCUT2D eigenvalue weighted by Crippen LogP contribution is 2.27. The van der Waals surface area contributed by atoms with Gasteiger partial charge in [0, 0.05) is 17.3 Å². The molecule has 0 saturated carbocycles. The Hall–Kier alpha value is -2.00. The molecular formula is C17H16ClF3N4OS. The van der Waals surface area contributed by atoms with E-state index in [1.54, 1.807) is 28.8 Å². The van der Waals surface area contributed by atoms with E-state index < -0.39 is 18.2 Å². The van der Waals surface area contributed by atoms with Gasteiger partial charge in [0.05, 0.1) is 18.4 Å². The molecule has 10 heteroatoms. The summed E-state index contributed by atoms with van der Waals surface area (Å²) in [7, 11) is 0. The van der Waals surface area contributed by atoms with E-state index in [0.29, 0.717) is 22.9 Å². The summed E-state index contributed by atoms with van der Waals surface area (Å²) in [6.45, 7) is 2.58. The Morgan fingerprint density at radius 1 is 1.22 bits per heavy atom. The quantitative estimate of drug-likeness (QED) is 0.432. The molecule has 0 radical (unpaired) electrons. The second-order valence-corrected chi connectivity index (χ2v) is 7.33. The highest BCUT2D eigenvalue weighted by atomic mass is 35.5.